The molecule has 1 aliphatic rings. The molecule has 2 heterocycles. The monoisotopic (exact) mass is 461 g/mol. The molecule has 0 saturated heterocycles. The van der Waals surface area contributed by atoms with Gasteiger partial charge in [-0.3, -0.25) is 4.79 Å². The topological polar surface area (TPSA) is 99.6 Å². The minimum Gasteiger partial charge on any atom is -0.481 e. The van der Waals surface area contributed by atoms with E-state index < -0.39 is 23.4 Å². The van der Waals surface area contributed by atoms with Crippen LogP contribution in [0, 0.1) is 12.7 Å². The second-order valence-electron chi connectivity index (χ2n) is 7.10. The number of fused-ring (bicyclic) bond motifs is 3. The molecular weight excluding hydrogens is 445 g/mol. The predicted molar refractivity (Wildman–Crippen MR) is 107 cm³/mol. The number of hydrogen-bond acceptors (Lipinski definition) is 3. The molecule has 0 aliphatic carbocycles. The van der Waals surface area contributed by atoms with Crippen molar-refractivity contribution in [2.24, 2.45) is 0 Å². The number of hydrogen-bond donors (Lipinski definition) is 3. The van der Waals surface area contributed by atoms with Gasteiger partial charge in [0.25, 0.3) is 0 Å². The van der Waals surface area contributed by atoms with Crippen molar-refractivity contribution in [2.75, 3.05) is 6.61 Å². The Bertz CT molecular complexity index is 1150. The van der Waals surface area contributed by atoms with Crippen LogP contribution < -0.4 is 0 Å². The fourth-order valence-electron chi connectivity index (χ4n) is 4.08. The molecule has 1 atom stereocenters. The first-order valence-electron chi connectivity index (χ1n) is 8.94. The molecule has 1 aromatic heterocycles. The lowest BCUT2D eigenvalue weighted by atomic mass is 9.82. The molecule has 0 spiro atoms. The Morgan fingerprint density at radius 2 is 1.97 bits per heavy atom. The van der Waals surface area contributed by atoms with Crippen LogP contribution in [-0.4, -0.2) is 33.7 Å². The zero-order valence-corrected chi connectivity index (χ0v) is 17.0. The Labute approximate surface area is 173 Å². The molecule has 150 valence electrons. The number of aromatic amines is 1. The highest BCUT2D eigenvalue weighted by Crippen LogP contribution is 2.46. The third-order valence-corrected chi connectivity index (χ3v) is 6.15. The first-order chi connectivity index (χ1) is 13.7. The van der Waals surface area contributed by atoms with Crippen LogP contribution in [0.15, 0.2) is 34.8 Å². The molecule has 2 aromatic carbocycles. The number of ether oxygens (including phenoxy) is 1. The van der Waals surface area contributed by atoms with Crippen molar-refractivity contribution < 1.29 is 28.9 Å². The smallest absolute Gasteiger partial charge is 0.335 e. The minimum atomic E-state index is -1.34. The summed E-state index contributed by atoms with van der Waals surface area (Å²) < 4.78 is 20.7. The SMILES string of the molecule is Cc1cc(F)c(Br)c2c3c([nH]c12)C(CC(=O)O)(c1ccc(C(=O)O)cc1)OCC3. The Kier molecular flexibility index (Phi) is 4.71. The highest BCUT2D eigenvalue weighted by Gasteiger charge is 2.44. The van der Waals surface area contributed by atoms with Crippen LogP contribution in [0.5, 0.6) is 0 Å². The molecule has 0 fully saturated rings. The van der Waals surface area contributed by atoms with Gasteiger partial charge in [0.1, 0.15) is 11.4 Å². The summed E-state index contributed by atoms with van der Waals surface area (Å²) in [6.45, 7) is 2.02. The van der Waals surface area contributed by atoms with E-state index in [1.54, 1.807) is 19.1 Å². The molecule has 4 rings (SSSR count). The van der Waals surface area contributed by atoms with Gasteiger partial charge in [-0.1, -0.05) is 12.1 Å². The molecule has 8 heteroatoms. The van der Waals surface area contributed by atoms with E-state index in [1.807, 2.05) is 0 Å². The molecular formula is C21H17BrFNO5. The summed E-state index contributed by atoms with van der Waals surface area (Å²) in [5, 5.41) is 19.5. The molecule has 0 radical (unpaired) electrons. The van der Waals surface area contributed by atoms with Crippen molar-refractivity contribution in [1.29, 1.82) is 0 Å². The van der Waals surface area contributed by atoms with Crippen molar-refractivity contribution >= 4 is 38.8 Å². The van der Waals surface area contributed by atoms with E-state index >= 15 is 0 Å². The molecule has 6 nitrogen and oxygen atoms in total. The maximum Gasteiger partial charge on any atom is 0.335 e. The van der Waals surface area contributed by atoms with Crippen LogP contribution >= 0.6 is 15.9 Å². The Balaban J connectivity index is 2.01. The first kappa shape index (κ1) is 19.6. The number of aromatic carboxylic acids is 1. The fourth-order valence-corrected chi connectivity index (χ4v) is 4.63. The van der Waals surface area contributed by atoms with Crippen molar-refractivity contribution in [3.8, 4) is 0 Å². The van der Waals surface area contributed by atoms with Gasteiger partial charge in [-0.15, -0.1) is 0 Å². The number of carbonyl (C=O) groups is 2. The number of halogens is 2. The summed E-state index contributed by atoms with van der Waals surface area (Å²) in [6.07, 6.45) is 0.129. The number of carboxylic acids is 2. The lowest BCUT2D eigenvalue weighted by molar-refractivity contribution is -0.144. The van der Waals surface area contributed by atoms with Gasteiger partial charge in [0.15, 0.2) is 0 Å². The van der Waals surface area contributed by atoms with Gasteiger partial charge in [0, 0.05) is 5.39 Å². The summed E-state index contributed by atoms with van der Waals surface area (Å²) in [5.41, 5.74) is 2.03. The zero-order chi connectivity index (χ0) is 20.9. The van der Waals surface area contributed by atoms with Crippen molar-refractivity contribution in [1.82, 2.24) is 4.98 Å². The van der Waals surface area contributed by atoms with Crippen LogP contribution in [0.3, 0.4) is 0 Å². The molecule has 29 heavy (non-hydrogen) atoms. The van der Waals surface area contributed by atoms with Crippen LogP contribution in [0.25, 0.3) is 10.9 Å². The number of carboxylic acid groups (broad SMARTS) is 2. The summed E-state index contributed by atoms with van der Waals surface area (Å²) in [7, 11) is 0. The van der Waals surface area contributed by atoms with Gasteiger partial charge < -0.3 is 19.9 Å². The van der Waals surface area contributed by atoms with Crippen LogP contribution in [0.2, 0.25) is 0 Å². The third-order valence-electron chi connectivity index (χ3n) is 5.37. The average Bonchev–Trinajstić information content (AvgIpc) is 3.07. The fraction of sp³-hybridized carbons (Fsp3) is 0.238. The average molecular weight is 462 g/mol. The third kappa shape index (κ3) is 3.03. The predicted octanol–water partition coefficient (Wildman–Crippen LogP) is 4.37. The summed E-state index contributed by atoms with van der Waals surface area (Å²) in [5.74, 6) is -2.53. The second kappa shape index (κ2) is 6.96. The number of H-pyrrole nitrogens is 1. The van der Waals surface area contributed by atoms with E-state index in [4.69, 9.17) is 9.84 Å². The summed E-state index contributed by atoms with van der Waals surface area (Å²) in [6, 6.07) is 7.38. The van der Waals surface area contributed by atoms with Crippen LogP contribution in [0.1, 0.15) is 39.2 Å². The van der Waals surface area contributed by atoms with Crippen LogP contribution in [-0.2, 0) is 21.6 Å². The number of aliphatic carboxylic acids is 1. The molecule has 0 bridgehead atoms. The van der Waals surface area contributed by atoms with Gasteiger partial charge in [0.2, 0.25) is 0 Å². The van der Waals surface area contributed by atoms with Crippen LogP contribution in [0.4, 0.5) is 4.39 Å². The molecule has 1 aliphatic heterocycles. The van der Waals surface area contributed by atoms with E-state index in [9.17, 15) is 19.1 Å². The molecule has 3 N–H and O–H groups in total. The second-order valence-corrected chi connectivity index (χ2v) is 7.89. The molecule has 0 saturated carbocycles. The quantitative estimate of drug-likeness (QED) is 0.535. The minimum absolute atomic E-state index is 0.0903. The van der Waals surface area contributed by atoms with Gasteiger partial charge >= 0.3 is 11.9 Å². The highest BCUT2D eigenvalue weighted by atomic mass is 79.9. The lowest BCUT2D eigenvalue weighted by Gasteiger charge is -2.37. The van der Waals surface area contributed by atoms with E-state index in [-0.39, 0.29) is 18.6 Å². The van der Waals surface area contributed by atoms with Gasteiger partial charge in [-0.05, 0) is 64.2 Å². The van der Waals surface area contributed by atoms with Gasteiger partial charge in [-0.2, -0.15) is 0 Å². The number of nitrogens with one attached hydrogen (secondary N) is 1. The van der Waals surface area contributed by atoms with Crippen molar-refractivity contribution in [3.05, 3.63) is 68.6 Å². The number of benzene rings is 2. The van der Waals surface area contributed by atoms with E-state index in [0.29, 0.717) is 38.6 Å². The standard InChI is InChI=1S/C21H17BrFNO5/c1-10-8-14(23)17(22)16-13-6-7-29-21(9-15(25)26,19(13)24-18(10)16)12-4-2-11(3-5-12)20(27)28/h2-5,8,24H,6-7,9H2,1H3,(H,25,26)(H,27,28). The van der Waals surface area contributed by atoms with Gasteiger partial charge in [0.05, 0.1) is 34.3 Å². The molecule has 0 amide bonds. The largest absolute Gasteiger partial charge is 0.481 e. The summed E-state index contributed by atoms with van der Waals surface area (Å²) >= 11 is 3.33. The summed E-state index contributed by atoms with van der Waals surface area (Å²) in [4.78, 5) is 26.3. The Hall–Kier alpha value is -2.71. The maximum absolute atomic E-state index is 14.4. The number of aryl methyl sites for hydroxylation is 1. The first-order valence-corrected chi connectivity index (χ1v) is 9.73. The van der Waals surface area contributed by atoms with E-state index in [0.717, 1.165) is 5.56 Å². The molecule has 3 aromatic rings. The van der Waals surface area contributed by atoms with E-state index in [1.165, 1.54) is 18.2 Å². The normalized spacial score (nSPS) is 18.6. The Morgan fingerprint density at radius 1 is 1.28 bits per heavy atom. The number of aromatic nitrogens is 1. The highest BCUT2D eigenvalue weighted by molar-refractivity contribution is 9.10. The number of rotatable bonds is 4. The lowest BCUT2D eigenvalue weighted by Crippen LogP contribution is -2.39. The van der Waals surface area contributed by atoms with E-state index in [2.05, 4.69) is 20.9 Å². The van der Waals surface area contributed by atoms with Crippen molar-refractivity contribution in [2.45, 2.75) is 25.4 Å². The zero-order valence-electron chi connectivity index (χ0n) is 15.4. The maximum atomic E-state index is 14.4. The Morgan fingerprint density at radius 3 is 2.59 bits per heavy atom. The molecule has 1 unspecified atom stereocenters. The van der Waals surface area contributed by atoms with Crippen molar-refractivity contribution in [3.63, 3.8) is 0 Å². The van der Waals surface area contributed by atoms with Gasteiger partial charge in [-0.25, -0.2) is 9.18 Å².